The lowest BCUT2D eigenvalue weighted by Crippen LogP contribution is -2.39. The standard InChI is InChI=1S/C19H24N2O7S/c1-26-18(22)14-11-28-12-21(17(14)19(23)27-2)13-6-7-16(29(3,24)25)15(10-13)20-8-4-5-9-20/h6-7,10H,4-5,8-9,11-12H2,1-3H3. The molecule has 0 N–H and O–H groups in total. The average molecular weight is 424 g/mol. The van der Waals surface area contributed by atoms with E-state index in [2.05, 4.69) is 0 Å². The van der Waals surface area contributed by atoms with Gasteiger partial charge in [-0.1, -0.05) is 0 Å². The van der Waals surface area contributed by atoms with Crippen LogP contribution in [0, 0.1) is 0 Å². The number of hydrogen-bond acceptors (Lipinski definition) is 9. The maximum atomic E-state index is 12.5. The van der Waals surface area contributed by atoms with E-state index >= 15 is 0 Å². The maximum Gasteiger partial charge on any atom is 0.355 e. The summed E-state index contributed by atoms with van der Waals surface area (Å²) in [6.45, 7) is 1.40. The van der Waals surface area contributed by atoms with Crippen molar-refractivity contribution >= 4 is 33.2 Å². The van der Waals surface area contributed by atoms with Crippen LogP contribution in [0.1, 0.15) is 12.8 Å². The molecular weight excluding hydrogens is 400 g/mol. The fraction of sp³-hybridized carbons (Fsp3) is 0.474. The van der Waals surface area contributed by atoms with Crippen LogP contribution in [0.5, 0.6) is 0 Å². The number of anilines is 2. The van der Waals surface area contributed by atoms with Crippen molar-refractivity contribution in [1.29, 1.82) is 0 Å². The molecule has 1 fully saturated rings. The first kappa shape index (κ1) is 21.1. The molecule has 0 aromatic heterocycles. The van der Waals surface area contributed by atoms with Gasteiger partial charge in [0.1, 0.15) is 12.4 Å². The molecule has 0 aliphatic carbocycles. The second kappa shape index (κ2) is 8.42. The van der Waals surface area contributed by atoms with Gasteiger partial charge in [-0.05, 0) is 31.0 Å². The average Bonchev–Trinajstić information content (AvgIpc) is 3.25. The number of ether oxygens (including phenoxy) is 3. The molecule has 158 valence electrons. The van der Waals surface area contributed by atoms with E-state index in [4.69, 9.17) is 14.2 Å². The van der Waals surface area contributed by atoms with Crippen LogP contribution >= 0.6 is 0 Å². The highest BCUT2D eigenvalue weighted by Crippen LogP contribution is 2.35. The third-order valence-electron chi connectivity index (χ3n) is 4.93. The molecule has 0 saturated carbocycles. The molecule has 0 unspecified atom stereocenters. The van der Waals surface area contributed by atoms with Gasteiger partial charge in [-0.25, -0.2) is 18.0 Å². The molecular formula is C19H24N2O7S. The van der Waals surface area contributed by atoms with E-state index < -0.39 is 21.8 Å². The van der Waals surface area contributed by atoms with Gasteiger partial charge >= 0.3 is 11.9 Å². The van der Waals surface area contributed by atoms with Crippen LogP contribution in [0.25, 0.3) is 0 Å². The fourth-order valence-corrected chi connectivity index (χ4v) is 4.42. The number of carbonyl (C=O) groups is 2. The van der Waals surface area contributed by atoms with Gasteiger partial charge < -0.3 is 24.0 Å². The Morgan fingerprint density at radius 3 is 2.31 bits per heavy atom. The molecule has 0 radical (unpaired) electrons. The minimum absolute atomic E-state index is 0.00257. The highest BCUT2D eigenvalue weighted by atomic mass is 32.2. The molecule has 3 rings (SSSR count). The number of carbonyl (C=O) groups excluding carboxylic acids is 2. The molecule has 9 nitrogen and oxygen atoms in total. The summed E-state index contributed by atoms with van der Waals surface area (Å²) in [5.74, 6) is -1.40. The zero-order valence-corrected chi connectivity index (χ0v) is 17.5. The van der Waals surface area contributed by atoms with E-state index in [0.29, 0.717) is 11.4 Å². The Balaban J connectivity index is 2.14. The quantitative estimate of drug-likeness (QED) is 0.643. The minimum Gasteiger partial charge on any atom is -0.466 e. The van der Waals surface area contributed by atoms with Gasteiger partial charge in [0.25, 0.3) is 0 Å². The van der Waals surface area contributed by atoms with Crippen molar-refractivity contribution in [2.45, 2.75) is 17.7 Å². The molecule has 2 aliphatic rings. The van der Waals surface area contributed by atoms with Crippen molar-refractivity contribution in [3.05, 3.63) is 29.5 Å². The normalized spacial score (nSPS) is 17.5. The van der Waals surface area contributed by atoms with Gasteiger partial charge in [0, 0.05) is 25.0 Å². The summed E-state index contributed by atoms with van der Waals surface area (Å²) in [6.07, 6.45) is 3.11. The Labute approximate surface area is 169 Å². The van der Waals surface area contributed by atoms with Crippen LogP contribution in [-0.4, -0.2) is 67.3 Å². The largest absolute Gasteiger partial charge is 0.466 e. The molecule has 1 saturated heterocycles. The van der Waals surface area contributed by atoms with E-state index in [1.54, 1.807) is 12.1 Å². The maximum absolute atomic E-state index is 12.5. The van der Waals surface area contributed by atoms with Crippen LogP contribution in [0.3, 0.4) is 0 Å². The molecule has 0 atom stereocenters. The first-order chi connectivity index (χ1) is 13.8. The van der Waals surface area contributed by atoms with E-state index in [0.717, 1.165) is 25.9 Å². The predicted octanol–water partition coefficient (Wildman–Crippen LogP) is 1.08. The summed E-state index contributed by atoms with van der Waals surface area (Å²) in [6, 6.07) is 4.80. The van der Waals surface area contributed by atoms with Gasteiger partial charge in [-0.15, -0.1) is 0 Å². The monoisotopic (exact) mass is 424 g/mol. The van der Waals surface area contributed by atoms with E-state index in [1.165, 1.54) is 31.4 Å². The number of methoxy groups -OCH3 is 2. The van der Waals surface area contributed by atoms with Gasteiger partial charge in [0.05, 0.1) is 37.0 Å². The van der Waals surface area contributed by atoms with Crippen molar-refractivity contribution in [2.24, 2.45) is 0 Å². The molecule has 0 amide bonds. The van der Waals surface area contributed by atoms with Gasteiger partial charge in [-0.3, -0.25) is 0 Å². The molecule has 1 aromatic rings. The molecule has 10 heteroatoms. The van der Waals surface area contributed by atoms with Gasteiger partial charge in [0.2, 0.25) is 0 Å². The minimum atomic E-state index is -3.45. The molecule has 1 aromatic carbocycles. The van der Waals surface area contributed by atoms with Crippen LogP contribution in [0.4, 0.5) is 11.4 Å². The summed E-state index contributed by atoms with van der Waals surface area (Å²) in [5, 5.41) is 0. The lowest BCUT2D eigenvalue weighted by atomic mass is 10.1. The Morgan fingerprint density at radius 2 is 1.72 bits per heavy atom. The van der Waals surface area contributed by atoms with Crippen LogP contribution in [-0.2, 0) is 33.6 Å². The highest BCUT2D eigenvalue weighted by Gasteiger charge is 2.33. The van der Waals surface area contributed by atoms with Crippen molar-refractivity contribution < 1.29 is 32.2 Å². The highest BCUT2D eigenvalue weighted by molar-refractivity contribution is 7.90. The van der Waals surface area contributed by atoms with E-state index in [1.807, 2.05) is 4.90 Å². The SMILES string of the molecule is COC(=O)C1=C(C(=O)OC)N(c2ccc(S(C)(=O)=O)c(N3CCCC3)c2)COC1. The van der Waals surface area contributed by atoms with Crippen LogP contribution in [0.2, 0.25) is 0 Å². The Morgan fingerprint density at radius 1 is 1.07 bits per heavy atom. The van der Waals surface area contributed by atoms with E-state index in [-0.39, 0.29) is 29.5 Å². The van der Waals surface area contributed by atoms with Crippen molar-refractivity contribution in [3.63, 3.8) is 0 Å². The zero-order valence-electron chi connectivity index (χ0n) is 16.6. The van der Waals surface area contributed by atoms with E-state index in [9.17, 15) is 18.0 Å². The summed E-state index contributed by atoms with van der Waals surface area (Å²) in [5.41, 5.74) is 1.14. The first-order valence-electron chi connectivity index (χ1n) is 9.12. The first-order valence-corrected chi connectivity index (χ1v) is 11.0. The number of benzene rings is 1. The second-order valence-electron chi connectivity index (χ2n) is 6.83. The topological polar surface area (TPSA) is 102 Å². The fourth-order valence-electron chi connectivity index (χ4n) is 3.54. The predicted molar refractivity (Wildman–Crippen MR) is 105 cm³/mol. The third-order valence-corrected chi connectivity index (χ3v) is 6.08. The van der Waals surface area contributed by atoms with Gasteiger partial charge in [0.15, 0.2) is 9.84 Å². The summed E-state index contributed by atoms with van der Waals surface area (Å²) in [7, 11) is -1.01. The Bertz CT molecular complexity index is 949. The molecule has 0 spiro atoms. The van der Waals surface area contributed by atoms with Crippen molar-refractivity contribution in [2.75, 3.05) is 56.7 Å². The molecule has 2 aliphatic heterocycles. The Kier molecular flexibility index (Phi) is 6.13. The second-order valence-corrected chi connectivity index (χ2v) is 8.82. The lowest BCUT2D eigenvalue weighted by molar-refractivity contribution is -0.140. The Hall–Kier alpha value is -2.59. The smallest absolute Gasteiger partial charge is 0.355 e. The van der Waals surface area contributed by atoms with Gasteiger partial charge in [-0.2, -0.15) is 0 Å². The third kappa shape index (κ3) is 4.23. The van der Waals surface area contributed by atoms with Crippen molar-refractivity contribution in [1.82, 2.24) is 0 Å². The summed E-state index contributed by atoms with van der Waals surface area (Å²) < 4.78 is 39.7. The lowest BCUT2D eigenvalue weighted by Gasteiger charge is -2.32. The number of nitrogens with zero attached hydrogens (tertiary/aromatic N) is 2. The number of esters is 2. The number of rotatable bonds is 5. The van der Waals surface area contributed by atoms with Crippen LogP contribution in [0.15, 0.2) is 34.4 Å². The molecule has 29 heavy (non-hydrogen) atoms. The number of sulfone groups is 1. The molecule has 0 bridgehead atoms. The number of hydrogen-bond donors (Lipinski definition) is 0. The van der Waals surface area contributed by atoms with Crippen LogP contribution < -0.4 is 9.80 Å². The summed E-state index contributed by atoms with van der Waals surface area (Å²) >= 11 is 0. The zero-order chi connectivity index (χ0) is 21.2. The summed E-state index contributed by atoms with van der Waals surface area (Å²) in [4.78, 5) is 28.3. The van der Waals surface area contributed by atoms with Crippen molar-refractivity contribution in [3.8, 4) is 0 Å². The molecule has 2 heterocycles.